The van der Waals surface area contributed by atoms with Crippen LogP contribution in [-0.2, 0) is 0 Å². The summed E-state index contributed by atoms with van der Waals surface area (Å²) in [4.78, 5) is 26.2. The lowest BCUT2D eigenvalue weighted by atomic mass is 9.98. The molecular weight excluding hydrogens is 464 g/mol. The van der Waals surface area contributed by atoms with Crippen LogP contribution in [0.5, 0.6) is 5.75 Å². The SMILES string of the molecule is c1cc(-c2ccnc3[nH]c(-c4n[nH]c5ccc(-c6cncc(OC7CCCCC7)c6)nc45)nc23)ccn1. The molecule has 2 N–H and O–H groups in total. The number of fused-ring (bicyclic) bond motifs is 2. The molecule has 0 radical (unpaired) electrons. The monoisotopic (exact) mass is 488 g/mol. The first-order valence-electron chi connectivity index (χ1n) is 12.5. The third kappa shape index (κ3) is 4.08. The van der Waals surface area contributed by atoms with Crippen LogP contribution >= 0.6 is 0 Å². The van der Waals surface area contributed by atoms with E-state index in [1.807, 2.05) is 42.6 Å². The third-order valence-electron chi connectivity index (χ3n) is 6.87. The van der Waals surface area contributed by atoms with Crippen molar-refractivity contribution in [3.63, 3.8) is 0 Å². The Morgan fingerprint density at radius 3 is 2.59 bits per heavy atom. The zero-order chi connectivity index (χ0) is 24.6. The maximum atomic E-state index is 6.23. The van der Waals surface area contributed by atoms with E-state index in [2.05, 4.69) is 30.1 Å². The van der Waals surface area contributed by atoms with Crippen molar-refractivity contribution in [2.24, 2.45) is 0 Å². The molecule has 0 saturated heterocycles. The normalized spacial score (nSPS) is 14.4. The summed E-state index contributed by atoms with van der Waals surface area (Å²) in [6, 6.07) is 11.8. The molecule has 1 saturated carbocycles. The molecular formula is C28H24N8O. The van der Waals surface area contributed by atoms with E-state index < -0.39 is 0 Å². The summed E-state index contributed by atoms with van der Waals surface area (Å²) in [6.45, 7) is 0. The average Bonchev–Trinajstić information content (AvgIpc) is 3.58. The zero-order valence-corrected chi connectivity index (χ0v) is 20.1. The van der Waals surface area contributed by atoms with E-state index in [1.165, 1.54) is 19.3 Å². The van der Waals surface area contributed by atoms with Crippen molar-refractivity contribution >= 4 is 22.2 Å². The summed E-state index contributed by atoms with van der Waals surface area (Å²) in [5.41, 5.74) is 7.33. The number of hydrogen-bond donors (Lipinski definition) is 2. The number of nitrogens with one attached hydrogen (secondary N) is 2. The van der Waals surface area contributed by atoms with Gasteiger partial charge in [-0.2, -0.15) is 5.10 Å². The minimum atomic E-state index is 0.264. The number of aromatic nitrogens is 8. The van der Waals surface area contributed by atoms with Gasteiger partial charge in [-0.05, 0) is 67.6 Å². The summed E-state index contributed by atoms with van der Waals surface area (Å²) in [7, 11) is 0. The van der Waals surface area contributed by atoms with Gasteiger partial charge in [0.05, 0.1) is 23.5 Å². The molecule has 6 aromatic rings. The zero-order valence-electron chi connectivity index (χ0n) is 20.1. The van der Waals surface area contributed by atoms with Gasteiger partial charge in [0.2, 0.25) is 0 Å². The van der Waals surface area contributed by atoms with Crippen LogP contribution in [0.2, 0.25) is 0 Å². The second kappa shape index (κ2) is 9.09. The molecule has 37 heavy (non-hydrogen) atoms. The summed E-state index contributed by atoms with van der Waals surface area (Å²) >= 11 is 0. The lowest BCUT2D eigenvalue weighted by Gasteiger charge is -2.22. The second-order valence-corrected chi connectivity index (χ2v) is 9.33. The van der Waals surface area contributed by atoms with Gasteiger partial charge in [0.1, 0.15) is 16.8 Å². The second-order valence-electron chi connectivity index (χ2n) is 9.33. The average molecular weight is 489 g/mol. The number of rotatable bonds is 5. The van der Waals surface area contributed by atoms with Crippen LogP contribution in [0.1, 0.15) is 32.1 Å². The van der Waals surface area contributed by atoms with Crippen LogP contribution in [0.15, 0.2) is 67.4 Å². The van der Waals surface area contributed by atoms with Crippen molar-refractivity contribution in [2.75, 3.05) is 0 Å². The van der Waals surface area contributed by atoms with E-state index in [4.69, 9.17) is 14.7 Å². The molecule has 0 amide bonds. The molecule has 6 heterocycles. The van der Waals surface area contributed by atoms with Gasteiger partial charge >= 0.3 is 0 Å². The number of imidazole rings is 1. The smallest absolute Gasteiger partial charge is 0.162 e. The van der Waals surface area contributed by atoms with Gasteiger partial charge in [0.15, 0.2) is 17.2 Å². The maximum Gasteiger partial charge on any atom is 0.162 e. The lowest BCUT2D eigenvalue weighted by Crippen LogP contribution is -2.19. The minimum absolute atomic E-state index is 0.264. The maximum absolute atomic E-state index is 6.23. The van der Waals surface area contributed by atoms with E-state index in [9.17, 15) is 0 Å². The van der Waals surface area contributed by atoms with E-state index in [-0.39, 0.29) is 6.10 Å². The first-order chi connectivity index (χ1) is 18.3. The summed E-state index contributed by atoms with van der Waals surface area (Å²) in [6.07, 6.45) is 15.1. The van der Waals surface area contributed by atoms with E-state index in [0.29, 0.717) is 17.2 Å². The predicted octanol–water partition coefficient (Wildman–Crippen LogP) is 5.73. The highest BCUT2D eigenvalue weighted by Gasteiger charge is 2.18. The molecule has 0 aromatic carbocycles. The van der Waals surface area contributed by atoms with Crippen LogP contribution in [0.25, 0.3) is 56.1 Å². The first kappa shape index (κ1) is 21.6. The Bertz CT molecular complexity index is 1700. The van der Waals surface area contributed by atoms with Gasteiger partial charge in [-0.15, -0.1) is 0 Å². The Labute approximate surface area is 212 Å². The quantitative estimate of drug-likeness (QED) is 0.318. The molecule has 9 nitrogen and oxygen atoms in total. The molecule has 9 heteroatoms. The highest BCUT2D eigenvalue weighted by molar-refractivity contribution is 5.94. The van der Waals surface area contributed by atoms with Crippen molar-refractivity contribution in [1.29, 1.82) is 0 Å². The summed E-state index contributed by atoms with van der Waals surface area (Å²) in [5.74, 6) is 1.39. The molecule has 0 aliphatic heterocycles. The fourth-order valence-electron chi connectivity index (χ4n) is 5.01. The van der Waals surface area contributed by atoms with E-state index in [0.717, 1.165) is 57.5 Å². The standard InChI is InChI=1S/C28H24N8O/c1-2-4-19(5-3-1)37-20-14-18(15-30-16-20)22-6-7-23-25(32-22)26(36-35-23)28-33-24-21(10-13-31-27(24)34-28)17-8-11-29-12-9-17/h6-16,19H,1-5H2,(H,35,36)(H,31,33,34). The van der Waals surface area contributed by atoms with Crippen molar-refractivity contribution in [1.82, 2.24) is 40.1 Å². The largest absolute Gasteiger partial charge is 0.489 e. The van der Waals surface area contributed by atoms with Crippen molar-refractivity contribution in [3.05, 3.63) is 67.4 Å². The molecule has 1 aliphatic carbocycles. The molecule has 0 unspecified atom stereocenters. The van der Waals surface area contributed by atoms with Gasteiger partial charge < -0.3 is 9.72 Å². The number of aromatic amines is 2. The molecule has 1 aliphatic rings. The van der Waals surface area contributed by atoms with Gasteiger partial charge in [-0.1, -0.05) is 6.42 Å². The van der Waals surface area contributed by atoms with Gasteiger partial charge in [-0.25, -0.2) is 15.0 Å². The van der Waals surface area contributed by atoms with Gasteiger partial charge in [0.25, 0.3) is 0 Å². The van der Waals surface area contributed by atoms with E-state index in [1.54, 1.807) is 24.8 Å². The third-order valence-corrected chi connectivity index (χ3v) is 6.87. The summed E-state index contributed by atoms with van der Waals surface area (Å²) < 4.78 is 6.23. The number of H-pyrrole nitrogens is 2. The van der Waals surface area contributed by atoms with Crippen molar-refractivity contribution < 1.29 is 4.74 Å². The Balaban J connectivity index is 1.26. The van der Waals surface area contributed by atoms with Crippen LogP contribution in [-0.4, -0.2) is 46.2 Å². The highest BCUT2D eigenvalue weighted by atomic mass is 16.5. The Morgan fingerprint density at radius 2 is 1.70 bits per heavy atom. The fourth-order valence-corrected chi connectivity index (χ4v) is 5.01. The van der Waals surface area contributed by atoms with Crippen LogP contribution in [0, 0.1) is 0 Å². The predicted molar refractivity (Wildman–Crippen MR) is 141 cm³/mol. The van der Waals surface area contributed by atoms with Crippen LogP contribution in [0.3, 0.4) is 0 Å². The van der Waals surface area contributed by atoms with Gasteiger partial charge in [-0.3, -0.25) is 15.1 Å². The lowest BCUT2D eigenvalue weighted by molar-refractivity contribution is 0.154. The molecule has 1 fully saturated rings. The molecule has 6 aromatic heterocycles. The van der Waals surface area contributed by atoms with Crippen LogP contribution in [0.4, 0.5) is 0 Å². The Hall–Kier alpha value is -4.66. The Kier molecular flexibility index (Phi) is 5.31. The van der Waals surface area contributed by atoms with Gasteiger partial charge in [0, 0.05) is 35.9 Å². The van der Waals surface area contributed by atoms with Crippen molar-refractivity contribution in [3.8, 4) is 39.7 Å². The Morgan fingerprint density at radius 1 is 0.811 bits per heavy atom. The molecule has 0 bridgehead atoms. The first-order valence-corrected chi connectivity index (χ1v) is 12.5. The highest BCUT2D eigenvalue weighted by Crippen LogP contribution is 2.31. The molecule has 0 atom stereocenters. The molecule has 0 spiro atoms. The molecule has 182 valence electrons. The van der Waals surface area contributed by atoms with E-state index >= 15 is 0 Å². The fraction of sp³-hybridized carbons (Fsp3) is 0.214. The topological polar surface area (TPSA) is 118 Å². The van der Waals surface area contributed by atoms with Crippen LogP contribution < -0.4 is 4.74 Å². The minimum Gasteiger partial charge on any atom is -0.489 e. The number of nitrogens with zero attached hydrogens (tertiary/aromatic N) is 6. The number of ether oxygens (including phenoxy) is 1. The number of hydrogen-bond acceptors (Lipinski definition) is 7. The number of pyridine rings is 4. The van der Waals surface area contributed by atoms with Crippen molar-refractivity contribution in [2.45, 2.75) is 38.2 Å². The summed E-state index contributed by atoms with van der Waals surface area (Å²) in [5, 5.41) is 7.61. The molecule has 7 rings (SSSR count).